The van der Waals surface area contributed by atoms with Gasteiger partial charge in [0, 0.05) is 57.7 Å². The van der Waals surface area contributed by atoms with Crippen molar-refractivity contribution in [3.05, 3.63) is 71.5 Å². The number of nitrogens with zero attached hydrogens (tertiary/aromatic N) is 4. The van der Waals surface area contributed by atoms with Gasteiger partial charge in [-0.2, -0.15) is 4.37 Å². The van der Waals surface area contributed by atoms with Crippen molar-refractivity contribution in [1.29, 1.82) is 0 Å². The maximum Gasteiger partial charge on any atom is 0.224 e. The number of carbonyl (C=O) groups excluding carboxylic acids is 1. The first-order valence-electron chi connectivity index (χ1n) is 12.7. The Balaban J connectivity index is 1.28. The molecule has 0 aliphatic carbocycles. The smallest absolute Gasteiger partial charge is 0.224 e. The lowest BCUT2D eigenvalue weighted by Crippen LogP contribution is -2.40. The van der Waals surface area contributed by atoms with Crippen molar-refractivity contribution in [2.24, 2.45) is 5.92 Å². The highest BCUT2D eigenvalue weighted by molar-refractivity contribution is 7.09. The molecule has 4 rings (SSSR count). The van der Waals surface area contributed by atoms with Gasteiger partial charge in [0.25, 0.3) is 0 Å². The van der Waals surface area contributed by atoms with Gasteiger partial charge in [-0.15, -0.1) is 0 Å². The highest BCUT2D eigenvalue weighted by atomic mass is 32.1. The standard InChI is InChI=1S/C28H36N4O3S/c1-34-18-17-32(28-29-26(30-36-28)21-24-9-6-10-25(20-24)35-2)16-13-27(33)31-14-11-23(12-15-31)19-22-7-4-3-5-8-22/h3-10,20,23H,11-19,21H2,1-2H3. The minimum absolute atomic E-state index is 0.219. The number of hydrogen-bond acceptors (Lipinski definition) is 7. The third-order valence-electron chi connectivity index (χ3n) is 6.72. The minimum atomic E-state index is 0.219. The van der Waals surface area contributed by atoms with Crippen molar-refractivity contribution in [3.8, 4) is 5.75 Å². The van der Waals surface area contributed by atoms with Crippen LogP contribution in [0.15, 0.2) is 54.6 Å². The second kappa shape index (κ2) is 13.4. The van der Waals surface area contributed by atoms with E-state index in [1.807, 2.05) is 29.2 Å². The molecule has 36 heavy (non-hydrogen) atoms. The predicted molar refractivity (Wildman–Crippen MR) is 144 cm³/mol. The zero-order valence-electron chi connectivity index (χ0n) is 21.3. The average Bonchev–Trinajstić information content (AvgIpc) is 3.38. The molecule has 1 aromatic heterocycles. The molecule has 0 bridgehead atoms. The van der Waals surface area contributed by atoms with Crippen LogP contribution >= 0.6 is 11.5 Å². The highest BCUT2D eigenvalue weighted by Crippen LogP contribution is 2.24. The normalized spacial score (nSPS) is 14.1. The summed E-state index contributed by atoms with van der Waals surface area (Å²) in [5.74, 6) is 2.47. The van der Waals surface area contributed by atoms with E-state index in [9.17, 15) is 4.79 Å². The van der Waals surface area contributed by atoms with E-state index < -0.39 is 0 Å². The summed E-state index contributed by atoms with van der Waals surface area (Å²) in [4.78, 5) is 21.9. The molecule has 8 heteroatoms. The summed E-state index contributed by atoms with van der Waals surface area (Å²) in [5.41, 5.74) is 2.49. The van der Waals surface area contributed by atoms with Gasteiger partial charge in [-0.1, -0.05) is 42.5 Å². The quantitative estimate of drug-likeness (QED) is 0.360. The average molecular weight is 509 g/mol. The number of piperidine rings is 1. The maximum atomic E-state index is 13.0. The number of ether oxygens (including phenoxy) is 2. The highest BCUT2D eigenvalue weighted by Gasteiger charge is 2.24. The number of hydrogen-bond donors (Lipinski definition) is 0. The third-order valence-corrected chi connectivity index (χ3v) is 7.53. The lowest BCUT2D eigenvalue weighted by atomic mass is 9.90. The molecule has 0 saturated carbocycles. The molecule has 0 atom stereocenters. The first-order valence-corrected chi connectivity index (χ1v) is 13.4. The lowest BCUT2D eigenvalue weighted by molar-refractivity contribution is -0.132. The van der Waals surface area contributed by atoms with E-state index in [1.165, 1.54) is 17.1 Å². The van der Waals surface area contributed by atoms with Crippen molar-refractivity contribution in [1.82, 2.24) is 14.3 Å². The van der Waals surface area contributed by atoms with E-state index in [-0.39, 0.29) is 5.91 Å². The van der Waals surface area contributed by atoms with Crippen molar-refractivity contribution in [2.45, 2.75) is 32.1 Å². The Bertz CT molecular complexity index is 1080. The Kier molecular flexibility index (Phi) is 9.69. The molecular weight excluding hydrogens is 472 g/mol. The van der Waals surface area contributed by atoms with E-state index in [1.54, 1.807) is 14.2 Å². The van der Waals surface area contributed by atoms with Crippen LogP contribution in [0.4, 0.5) is 5.13 Å². The van der Waals surface area contributed by atoms with Gasteiger partial charge in [0.1, 0.15) is 11.6 Å². The van der Waals surface area contributed by atoms with Gasteiger partial charge < -0.3 is 19.3 Å². The number of carbonyl (C=O) groups is 1. The van der Waals surface area contributed by atoms with Gasteiger partial charge in [-0.05, 0) is 48.4 Å². The van der Waals surface area contributed by atoms with Crippen LogP contribution in [-0.2, 0) is 22.4 Å². The maximum absolute atomic E-state index is 13.0. The summed E-state index contributed by atoms with van der Waals surface area (Å²) in [6.45, 7) is 3.55. The fourth-order valence-corrected chi connectivity index (χ4v) is 5.37. The van der Waals surface area contributed by atoms with Crippen LogP contribution < -0.4 is 9.64 Å². The Labute approximate surface area is 218 Å². The molecular formula is C28H36N4O3S. The number of likely N-dealkylation sites (tertiary alicyclic amines) is 1. The molecule has 192 valence electrons. The number of methoxy groups -OCH3 is 2. The summed E-state index contributed by atoms with van der Waals surface area (Å²) < 4.78 is 15.2. The topological polar surface area (TPSA) is 67.8 Å². The molecule has 1 fully saturated rings. The van der Waals surface area contributed by atoms with E-state index in [0.717, 1.165) is 54.6 Å². The SMILES string of the molecule is COCCN(CCC(=O)N1CCC(Cc2ccccc2)CC1)c1nc(Cc2cccc(OC)c2)ns1. The number of amides is 1. The minimum Gasteiger partial charge on any atom is -0.497 e. The Morgan fingerprint density at radius 3 is 2.58 bits per heavy atom. The second-order valence-corrected chi connectivity index (χ2v) is 10.00. The van der Waals surface area contributed by atoms with Crippen LogP contribution in [0.5, 0.6) is 5.75 Å². The molecule has 2 aromatic carbocycles. The zero-order chi connectivity index (χ0) is 25.2. The van der Waals surface area contributed by atoms with Gasteiger partial charge in [0.15, 0.2) is 0 Å². The number of anilines is 1. The van der Waals surface area contributed by atoms with Crippen LogP contribution in [-0.4, -0.2) is 67.2 Å². The Hall–Kier alpha value is -2.97. The van der Waals surface area contributed by atoms with E-state index in [2.05, 4.69) is 39.6 Å². The van der Waals surface area contributed by atoms with E-state index in [0.29, 0.717) is 38.5 Å². The van der Waals surface area contributed by atoms with Crippen LogP contribution in [0.25, 0.3) is 0 Å². The number of benzene rings is 2. The van der Waals surface area contributed by atoms with Crippen LogP contribution in [0.2, 0.25) is 0 Å². The fourth-order valence-electron chi connectivity index (χ4n) is 4.64. The summed E-state index contributed by atoms with van der Waals surface area (Å²) in [7, 11) is 3.36. The van der Waals surface area contributed by atoms with Gasteiger partial charge in [0.05, 0.1) is 13.7 Å². The van der Waals surface area contributed by atoms with Crippen molar-refractivity contribution in [2.75, 3.05) is 51.9 Å². The first kappa shape index (κ1) is 26.1. The Morgan fingerprint density at radius 2 is 1.83 bits per heavy atom. The lowest BCUT2D eigenvalue weighted by Gasteiger charge is -2.32. The summed E-state index contributed by atoms with van der Waals surface area (Å²) in [6.07, 6.45) is 4.35. The molecule has 7 nitrogen and oxygen atoms in total. The zero-order valence-corrected chi connectivity index (χ0v) is 22.1. The Morgan fingerprint density at radius 1 is 1.06 bits per heavy atom. The van der Waals surface area contributed by atoms with Gasteiger partial charge in [-0.25, -0.2) is 4.98 Å². The van der Waals surface area contributed by atoms with Crippen LogP contribution in [0.3, 0.4) is 0 Å². The molecule has 0 spiro atoms. The molecule has 1 amide bonds. The molecule has 1 saturated heterocycles. The van der Waals surface area contributed by atoms with Crippen molar-refractivity contribution >= 4 is 22.6 Å². The second-order valence-electron chi connectivity index (χ2n) is 9.27. The first-order chi connectivity index (χ1) is 17.6. The molecule has 3 aromatic rings. The molecule has 1 aliphatic heterocycles. The molecule has 1 aliphatic rings. The van der Waals surface area contributed by atoms with Gasteiger partial charge in [-0.3, -0.25) is 4.79 Å². The van der Waals surface area contributed by atoms with E-state index >= 15 is 0 Å². The van der Waals surface area contributed by atoms with Gasteiger partial charge in [0.2, 0.25) is 11.0 Å². The molecule has 0 unspecified atom stereocenters. The molecule has 0 radical (unpaired) electrons. The molecule has 2 heterocycles. The van der Waals surface area contributed by atoms with Crippen LogP contribution in [0.1, 0.15) is 36.2 Å². The van der Waals surface area contributed by atoms with Crippen molar-refractivity contribution in [3.63, 3.8) is 0 Å². The monoisotopic (exact) mass is 508 g/mol. The number of rotatable bonds is 12. The van der Waals surface area contributed by atoms with Crippen LogP contribution in [0, 0.1) is 5.92 Å². The third kappa shape index (κ3) is 7.51. The summed E-state index contributed by atoms with van der Waals surface area (Å²) in [5, 5.41) is 0.833. The fraction of sp³-hybridized carbons (Fsp3) is 0.464. The largest absolute Gasteiger partial charge is 0.497 e. The predicted octanol–water partition coefficient (Wildman–Crippen LogP) is 4.46. The van der Waals surface area contributed by atoms with Gasteiger partial charge >= 0.3 is 0 Å². The number of aromatic nitrogens is 2. The summed E-state index contributed by atoms with van der Waals surface area (Å²) in [6, 6.07) is 18.6. The molecule has 0 N–H and O–H groups in total. The van der Waals surface area contributed by atoms with E-state index in [4.69, 9.17) is 14.5 Å². The summed E-state index contributed by atoms with van der Waals surface area (Å²) >= 11 is 1.38. The van der Waals surface area contributed by atoms with Crippen molar-refractivity contribution < 1.29 is 14.3 Å².